The second-order valence-electron chi connectivity index (χ2n) is 5.52. The van der Waals surface area contributed by atoms with E-state index in [4.69, 9.17) is 16.3 Å². The van der Waals surface area contributed by atoms with Crippen LogP contribution in [0.1, 0.15) is 15.9 Å². The number of amides is 2. The van der Waals surface area contributed by atoms with Gasteiger partial charge in [0.05, 0.1) is 0 Å². The highest BCUT2D eigenvalue weighted by atomic mass is 35.5. The van der Waals surface area contributed by atoms with Crippen molar-refractivity contribution in [1.82, 2.24) is 15.2 Å². The van der Waals surface area contributed by atoms with Crippen molar-refractivity contribution in [2.45, 2.75) is 6.54 Å². The topological polar surface area (TPSA) is 91.5 Å². The fourth-order valence-corrected chi connectivity index (χ4v) is 2.74. The molecule has 0 saturated heterocycles. The smallest absolute Gasteiger partial charge is 0.260 e. The first kappa shape index (κ1) is 17.0. The molecule has 0 unspecified atom stereocenters. The van der Waals surface area contributed by atoms with Gasteiger partial charge < -0.3 is 19.9 Å². The SMILES string of the molecule is O=C(NCCN1Cc2cc(Cl)ccc2OCC1=O)c1ccc[nH]c1=O. The highest BCUT2D eigenvalue weighted by Gasteiger charge is 2.21. The molecule has 0 atom stereocenters. The second-order valence-corrected chi connectivity index (χ2v) is 5.96. The maximum absolute atomic E-state index is 12.2. The lowest BCUT2D eigenvalue weighted by molar-refractivity contribution is -0.133. The molecule has 0 fully saturated rings. The van der Waals surface area contributed by atoms with Gasteiger partial charge in [-0.1, -0.05) is 11.6 Å². The number of pyridine rings is 1. The summed E-state index contributed by atoms with van der Waals surface area (Å²) >= 11 is 5.99. The first-order chi connectivity index (χ1) is 12.0. The number of halogens is 1. The molecule has 1 aromatic heterocycles. The van der Waals surface area contributed by atoms with Gasteiger partial charge in [0, 0.05) is 36.4 Å². The largest absolute Gasteiger partial charge is 0.483 e. The number of ether oxygens (including phenoxy) is 1. The average molecular weight is 362 g/mol. The zero-order valence-corrected chi connectivity index (χ0v) is 14.0. The molecule has 1 aliphatic rings. The van der Waals surface area contributed by atoms with E-state index in [0.29, 0.717) is 23.9 Å². The van der Waals surface area contributed by atoms with E-state index in [-0.39, 0.29) is 24.6 Å². The quantitative estimate of drug-likeness (QED) is 0.855. The molecule has 1 aromatic carbocycles. The molecule has 7 nitrogen and oxygen atoms in total. The number of aromatic nitrogens is 1. The van der Waals surface area contributed by atoms with Crippen molar-refractivity contribution in [1.29, 1.82) is 0 Å². The summed E-state index contributed by atoms with van der Waals surface area (Å²) in [5, 5.41) is 3.21. The molecule has 25 heavy (non-hydrogen) atoms. The van der Waals surface area contributed by atoms with Gasteiger partial charge in [0.1, 0.15) is 11.3 Å². The van der Waals surface area contributed by atoms with Crippen LogP contribution in [-0.4, -0.2) is 41.4 Å². The van der Waals surface area contributed by atoms with Crippen LogP contribution in [0.3, 0.4) is 0 Å². The van der Waals surface area contributed by atoms with Gasteiger partial charge in [0.15, 0.2) is 6.61 Å². The molecule has 3 rings (SSSR count). The minimum atomic E-state index is -0.483. The Kier molecular flexibility index (Phi) is 5.04. The molecule has 0 radical (unpaired) electrons. The van der Waals surface area contributed by atoms with Crippen LogP contribution < -0.4 is 15.6 Å². The predicted octanol–water partition coefficient (Wildman–Crippen LogP) is 1.18. The Labute approximate surface area is 148 Å². The lowest BCUT2D eigenvalue weighted by atomic mass is 10.2. The summed E-state index contributed by atoms with van der Waals surface area (Å²) in [4.78, 5) is 39.8. The number of hydrogen-bond donors (Lipinski definition) is 2. The summed E-state index contributed by atoms with van der Waals surface area (Å²) in [6.45, 7) is 0.789. The van der Waals surface area contributed by atoms with Crippen LogP contribution in [-0.2, 0) is 11.3 Å². The molecule has 130 valence electrons. The molecule has 2 N–H and O–H groups in total. The monoisotopic (exact) mass is 361 g/mol. The summed E-state index contributed by atoms with van der Waals surface area (Å²) in [6.07, 6.45) is 1.46. The Bertz CT molecular complexity index is 865. The molecular weight excluding hydrogens is 346 g/mol. The normalized spacial score (nSPS) is 13.6. The number of hydrogen-bond acceptors (Lipinski definition) is 4. The van der Waals surface area contributed by atoms with Crippen molar-refractivity contribution in [3.8, 4) is 5.75 Å². The minimum Gasteiger partial charge on any atom is -0.483 e. The molecule has 0 aliphatic carbocycles. The summed E-state index contributed by atoms with van der Waals surface area (Å²) in [7, 11) is 0. The van der Waals surface area contributed by atoms with Crippen molar-refractivity contribution in [3.05, 3.63) is 63.0 Å². The Morgan fingerprint density at radius 2 is 2.16 bits per heavy atom. The summed E-state index contributed by atoms with van der Waals surface area (Å²) in [5.74, 6) is -0.0388. The van der Waals surface area contributed by atoms with E-state index in [1.165, 1.54) is 12.3 Å². The Morgan fingerprint density at radius 3 is 2.96 bits per heavy atom. The number of aromatic amines is 1. The van der Waals surface area contributed by atoms with Crippen LogP contribution in [0.25, 0.3) is 0 Å². The van der Waals surface area contributed by atoms with E-state index in [1.54, 1.807) is 29.2 Å². The Morgan fingerprint density at radius 1 is 1.32 bits per heavy atom. The van der Waals surface area contributed by atoms with Crippen molar-refractivity contribution in [3.63, 3.8) is 0 Å². The first-order valence-corrected chi connectivity index (χ1v) is 8.07. The van der Waals surface area contributed by atoms with Crippen LogP contribution in [0.2, 0.25) is 5.02 Å². The maximum atomic E-state index is 12.2. The summed E-state index contributed by atoms with van der Waals surface area (Å²) < 4.78 is 5.48. The van der Waals surface area contributed by atoms with Crippen molar-refractivity contribution < 1.29 is 14.3 Å². The van der Waals surface area contributed by atoms with E-state index in [0.717, 1.165) is 5.56 Å². The van der Waals surface area contributed by atoms with Gasteiger partial charge in [-0.3, -0.25) is 14.4 Å². The lowest BCUT2D eigenvalue weighted by Crippen LogP contribution is -2.40. The van der Waals surface area contributed by atoms with E-state index in [2.05, 4.69) is 10.3 Å². The molecule has 8 heteroatoms. The van der Waals surface area contributed by atoms with Gasteiger partial charge >= 0.3 is 0 Å². The van der Waals surface area contributed by atoms with E-state index in [9.17, 15) is 14.4 Å². The first-order valence-electron chi connectivity index (χ1n) is 7.69. The summed E-state index contributed by atoms with van der Waals surface area (Å²) in [5.41, 5.74) is 0.386. The zero-order valence-electron chi connectivity index (χ0n) is 13.3. The Balaban J connectivity index is 1.62. The second kappa shape index (κ2) is 7.40. The van der Waals surface area contributed by atoms with Crippen molar-refractivity contribution >= 4 is 23.4 Å². The minimum absolute atomic E-state index is 0.0325. The molecular formula is C17H16ClN3O4. The number of rotatable bonds is 4. The lowest BCUT2D eigenvalue weighted by Gasteiger charge is -2.20. The molecule has 0 spiro atoms. The van der Waals surface area contributed by atoms with Crippen molar-refractivity contribution in [2.24, 2.45) is 0 Å². The van der Waals surface area contributed by atoms with Crippen LogP contribution in [0, 0.1) is 0 Å². The van der Waals surface area contributed by atoms with E-state index in [1.807, 2.05) is 0 Å². The van der Waals surface area contributed by atoms with Gasteiger partial charge in [-0.05, 0) is 30.3 Å². The molecule has 0 bridgehead atoms. The Hall–Kier alpha value is -2.80. The zero-order chi connectivity index (χ0) is 17.8. The highest BCUT2D eigenvalue weighted by molar-refractivity contribution is 6.30. The van der Waals surface area contributed by atoms with Crippen LogP contribution in [0.15, 0.2) is 41.3 Å². The predicted molar refractivity (Wildman–Crippen MR) is 91.8 cm³/mol. The van der Waals surface area contributed by atoms with E-state index < -0.39 is 11.5 Å². The number of H-pyrrole nitrogens is 1. The number of carbonyl (C=O) groups is 2. The number of fused-ring (bicyclic) bond motifs is 1. The van der Waals surface area contributed by atoms with Gasteiger partial charge in [-0.15, -0.1) is 0 Å². The van der Waals surface area contributed by atoms with Gasteiger partial charge in [-0.25, -0.2) is 0 Å². The fourth-order valence-electron chi connectivity index (χ4n) is 2.54. The molecule has 0 saturated carbocycles. The third-order valence-electron chi connectivity index (χ3n) is 3.82. The van der Waals surface area contributed by atoms with Crippen LogP contribution in [0.4, 0.5) is 0 Å². The maximum Gasteiger partial charge on any atom is 0.260 e. The molecule has 2 heterocycles. The van der Waals surface area contributed by atoms with Gasteiger partial charge in [0.2, 0.25) is 0 Å². The number of carbonyl (C=O) groups excluding carboxylic acids is 2. The third kappa shape index (κ3) is 4.00. The number of benzene rings is 1. The van der Waals surface area contributed by atoms with Crippen LogP contribution >= 0.6 is 11.6 Å². The number of nitrogens with zero attached hydrogens (tertiary/aromatic N) is 1. The number of nitrogens with one attached hydrogen (secondary N) is 2. The average Bonchev–Trinajstić information content (AvgIpc) is 2.74. The van der Waals surface area contributed by atoms with E-state index >= 15 is 0 Å². The molecule has 2 aromatic rings. The van der Waals surface area contributed by atoms with Gasteiger partial charge in [0.25, 0.3) is 17.4 Å². The fraction of sp³-hybridized carbons (Fsp3) is 0.235. The van der Waals surface area contributed by atoms with Gasteiger partial charge in [-0.2, -0.15) is 0 Å². The van der Waals surface area contributed by atoms with Crippen LogP contribution in [0.5, 0.6) is 5.75 Å². The molecule has 1 aliphatic heterocycles. The van der Waals surface area contributed by atoms with Crippen molar-refractivity contribution in [2.75, 3.05) is 19.7 Å². The third-order valence-corrected chi connectivity index (χ3v) is 4.05. The standard InChI is InChI=1S/C17H16ClN3O4/c18-12-3-4-14-11(8-12)9-21(15(22)10-25-14)7-6-20-17(24)13-2-1-5-19-16(13)23/h1-5,8H,6-7,9-10H2,(H,19,23)(H,20,24). The highest BCUT2D eigenvalue weighted by Crippen LogP contribution is 2.26. The summed E-state index contributed by atoms with van der Waals surface area (Å²) in [6, 6.07) is 8.21. The molecule has 2 amide bonds.